The molecule has 0 N–H and O–H groups in total. The van der Waals surface area contributed by atoms with Gasteiger partial charge in [0.05, 0.1) is 0 Å². The van der Waals surface area contributed by atoms with E-state index in [1.807, 2.05) is 51.1 Å². The topological polar surface area (TPSA) is 40.6 Å². The van der Waals surface area contributed by atoms with E-state index in [0.717, 1.165) is 18.5 Å². The number of nitrogens with zero attached hydrogens (tertiary/aromatic N) is 2. The largest absolute Gasteiger partial charge is 0.334 e. The lowest BCUT2D eigenvalue weighted by Gasteiger charge is -2.26. The Morgan fingerprint density at radius 3 is 1.90 bits per heavy atom. The van der Waals surface area contributed by atoms with Gasteiger partial charge in [0, 0.05) is 25.3 Å². The first-order chi connectivity index (χ1) is 9.65. The lowest BCUT2D eigenvalue weighted by molar-refractivity contribution is -0.144. The van der Waals surface area contributed by atoms with Crippen LogP contribution in [0, 0.1) is 0 Å². The van der Waals surface area contributed by atoms with Gasteiger partial charge in [0.15, 0.2) is 0 Å². The van der Waals surface area contributed by atoms with Crippen LogP contribution in [0.25, 0.3) is 0 Å². The van der Waals surface area contributed by atoms with Gasteiger partial charge in [0.25, 0.3) is 0 Å². The molecule has 0 spiro atoms. The first kappa shape index (κ1) is 16.2. The highest BCUT2D eigenvalue weighted by atomic mass is 16.2. The number of amides is 2. The van der Waals surface area contributed by atoms with Gasteiger partial charge in [0.2, 0.25) is 0 Å². The molecular weight excluding hydrogens is 252 g/mol. The third kappa shape index (κ3) is 4.08. The summed E-state index contributed by atoms with van der Waals surface area (Å²) in [5.41, 5.74) is 0.765. The van der Waals surface area contributed by atoms with Gasteiger partial charge in [-0.1, -0.05) is 32.0 Å². The molecule has 1 rings (SSSR count). The Labute approximate surface area is 121 Å². The van der Waals surface area contributed by atoms with Crippen LogP contribution >= 0.6 is 0 Å². The molecule has 4 heteroatoms. The van der Waals surface area contributed by atoms with Gasteiger partial charge in [-0.15, -0.1) is 0 Å². The van der Waals surface area contributed by atoms with E-state index in [9.17, 15) is 9.59 Å². The molecule has 0 bridgehead atoms. The van der Waals surface area contributed by atoms with Crippen LogP contribution in [-0.2, 0) is 9.59 Å². The highest BCUT2D eigenvalue weighted by molar-refractivity contribution is 6.40. The fourth-order valence-electron chi connectivity index (χ4n) is 2.16. The minimum absolute atomic E-state index is 0.403. The molecule has 0 aliphatic heterocycles. The number of anilines is 1. The van der Waals surface area contributed by atoms with Crippen LogP contribution in [0.15, 0.2) is 30.3 Å². The summed E-state index contributed by atoms with van der Waals surface area (Å²) in [6.07, 6.45) is 1.72. The zero-order valence-electron chi connectivity index (χ0n) is 12.6. The SMILES string of the molecule is CCCN(CCC)C(=O)C(=O)N(CC)c1ccccc1. The molecule has 0 radical (unpaired) electrons. The molecule has 0 aromatic heterocycles. The Morgan fingerprint density at radius 2 is 1.45 bits per heavy atom. The fourth-order valence-corrected chi connectivity index (χ4v) is 2.16. The Bertz CT molecular complexity index is 425. The van der Waals surface area contributed by atoms with E-state index < -0.39 is 11.8 Å². The van der Waals surface area contributed by atoms with Crippen molar-refractivity contribution in [3.05, 3.63) is 30.3 Å². The first-order valence-electron chi connectivity index (χ1n) is 7.31. The molecule has 4 nitrogen and oxygen atoms in total. The van der Waals surface area contributed by atoms with Crippen molar-refractivity contribution < 1.29 is 9.59 Å². The summed E-state index contributed by atoms with van der Waals surface area (Å²) in [5, 5.41) is 0. The number of benzene rings is 1. The maximum Gasteiger partial charge on any atom is 0.316 e. The van der Waals surface area contributed by atoms with Gasteiger partial charge in [0.1, 0.15) is 0 Å². The van der Waals surface area contributed by atoms with Crippen molar-refractivity contribution in [1.82, 2.24) is 4.90 Å². The highest BCUT2D eigenvalue weighted by Gasteiger charge is 2.26. The molecule has 0 atom stereocenters. The molecule has 0 fully saturated rings. The summed E-state index contributed by atoms with van der Waals surface area (Å²) < 4.78 is 0. The lowest BCUT2D eigenvalue weighted by Crippen LogP contribution is -2.46. The summed E-state index contributed by atoms with van der Waals surface area (Å²) in [6, 6.07) is 9.32. The van der Waals surface area contributed by atoms with E-state index in [1.165, 1.54) is 4.90 Å². The zero-order valence-corrected chi connectivity index (χ0v) is 12.6. The number of likely N-dealkylation sites (N-methyl/N-ethyl adjacent to an activating group) is 1. The molecule has 20 heavy (non-hydrogen) atoms. The predicted octanol–water partition coefficient (Wildman–Crippen LogP) is 2.69. The summed E-state index contributed by atoms with van der Waals surface area (Å²) >= 11 is 0. The molecule has 0 aliphatic rings. The Kier molecular flexibility index (Phi) is 6.77. The van der Waals surface area contributed by atoms with Crippen molar-refractivity contribution in [2.75, 3.05) is 24.5 Å². The minimum atomic E-state index is -0.444. The molecule has 1 aromatic rings. The molecule has 0 unspecified atom stereocenters. The number of carbonyl (C=O) groups is 2. The summed E-state index contributed by atoms with van der Waals surface area (Å²) in [4.78, 5) is 27.9. The zero-order chi connectivity index (χ0) is 15.0. The van der Waals surface area contributed by atoms with E-state index in [4.69, 9.17) is 0 Å². The highest BCUT2D eigenvalue weighted by Crippen LogP contribution is 2.14. The number of hydrogen-bond acceptors (Lipinski definition) is 2. The maximum absolute atomic E-state index is 12.4. The van der Waals surface area contributed by atoms with E-state index in [0.29, 0.717) is 19.6 Å². The normalized spacial score (nSPS) is 10.2. The van der Waals surface area contributed by atoms with Gasteiger partial charge in [-0.3, -0.25) is 9.59 Å². The number of carbonyl (C=O) groups excluding carboxylic acids is 2. The van der Waals surface area contributed by atoms with E-state index in [-0.39, 0.29) is 0 Å². The standard InChI is InChI=1S/C16H24N2O2/c1-4-12-17(13-5-2)15(19)16(20)18(6-3)14-10-8-7-9-11-14/h7-11H,4-6,12-13H2,1-3H3. The van der Waals surface area contributed by atoms with E-state index in [1.54, 1.807) is 4.90 Å². The molecule has 1 aromatic carbocycles. The third-order valence-electron chi connectivity index (χ3n) is 3.09. The van der Waals surface area contributed by atoms with Crippen LogP contribution in [-0.4, -0.2) is 36.3 Å². The molecule has 0 saturated heterocycles. The number of para-hydroxylation sites is 1. The number of rotatable bonds is 6. The van der Waals surface area contributed by atoms with E-state index >= 15 is 0 Å². The second kappa shape index (κ2) is 8.35. The van der Waals surface area contributed by atoms with Crippen molar-refractivity contribution in [2.45, 2.75) is 33.6 Å². The Balaban J connectivity index is 2.87. The first-order valence-corrected chi connectivity index (χ1v) is 7.31. The molecule has 0 heterocycles. The Hall–Kier alpha value is -1.84. The third-order valence-corrected chi connectivity index (χ3v) is 3.09. The average molecular weight is 276 g/mol. The quantitative estimate of drug-likeness (QED) is 0.750. The molecular formula is C16H24N2O2. The average Bonchev–Trinajstić information content (AvgIpc) is 2.48. The second-order valence-corrected chi connectivity index (χ2v) is 4.68. The molecule has 2 amide bonds. The predicted molar refractivity (Wildman–Crippen MR) is 81.6 cm³/mol. The van der Waals surface area contributed by atoms with Crippen LogP contribution in [0.3, 0.4) is 0 Å². The Morgan fingerprint density at radius 1 is 0.900 bits per heavy atom. The maximum atomic E-state index is 12.4. The molecule has 0 aliphatic carbocycles. The van der Waals surface area contributed by atoms with Crippen molar-refractivity contribution in [3.63, 3.8) is 0 Å². The van der Waals surface area contributed by atoms with Crippen molar-refractivity contribution in [2.24, 2.45) is 0 Å². The second-order valence-electron chi connectivity index (χ2n) is 4.68. The number of hydrogen-bond donors (Lipinski definition) is 0. The smallest absolute Gasteiger partial charge is 0.316 e. The van der Waals surface area contributed by atoms with Crippen LogP contribution in [0.5, 0.6) is 0 Å². The van der Waals surface area contributed by atoms with Gasteiger partial charge in [-0.2, -0.15) is 0 Å². The lowest BCUT2D eigenvalue weighted by atomic mass is 10.2. The van der Waals surface area contributed by atoms with Crippen molar-refractivity contribution in [1.29, 1.82) is 0 Å². The van der Waals surface area contributed by atoms with Crippen LogP contribution < -0.4 is 4.90 Å². The molecule has 0 saturated carbocycles. The van der Waals surface area contributed by atoms with Gasteiger partial charge in [-0.05, 0) is 31.9 Å². The summed E-state index contributed by atoms with van der Waals surface area (Å²) in [6.45, 7) is 7.64. The monoisotopic (exact) mass is 276 g/mol. The van der Waals surface area contributed by atoms with Gasteiger partial charge >= 0.3 is 11.8 Å². The minimum Gasteiger partial charge on any atom is -0.334 e. The summed E-state index contributed by atoms with van der Waals surface area (Å²) in [7, 11) is 0. The van der Waals surface area contributed by atoms with Gasteiger partial charge in [-0.25, -0.2) is 0 Å². The van der Waals surface area contributed by atoms with Crippen LogP contribution in [0.4, 0.5) is 5.69 Å². The fraction of sp³-hybridized carbons (Fsp3) is 0.500. The van der Waals surface area contributed by atoms with Crippen molar-refractivity contribution in [3.8, 4) is 0 Å². The van der Waals surface area contributed by atoms with E-state index in [2.05, 4.69) is 0 Å². The van der Waals surface area contributed by atoms with Crippen molar-refractivity contribution >= 4 is 17.5 Å². The summed E-state index contributed by atoms with van der Waals surface area (Å²) in [5.74, 6) is -0.847. The van der Waals surface area contributed by atoms with Crippen LogP contribution in [0.1, 0.15) is 33.6 Å². The molecule has 110 valence electrons. The van der Waals surface area contributed by atoms with Crippen LogP contribution in [0.2, 0.25) is 0 Å². The van der Waals surface area contributed by atoms with Gasteiger partial charge < -0.3 is 9.80 Å².